The molecule has 4 nitrogen and oxygen atoms in total. The molecule has 4 heteroatoms. The molecular formula is C24H19NO3. The van der Waals surface area contributed by atoms with Gasteiger partial charge in [0.25, 0.3) is 0 Å². The van der Waals surface area contributed by atoms with Crippen molar-refractivity contribution in [3.05, 3.63) is 95.6 Å². The predicted octanol–water partition coefficient (Wildman–Crippen LogP) is 5.26. The molecule has 3 aromatic carbocycles. The monoisotopic (exact) mass is 369 g/mol. The Balaban J connectivity index is 2.07. The fourth-order valence-electron chi connectivity index (χ4n) is 3.76. The fourth-order valence-corrected chi connectivity index (χ4v) is 3.76. The van der Waals surface area contributed by atoms with Crippen LogP contribution in [0.2, 0.25) is 0 Å². The number of carbonyl (C=O) groups excluding carboxylic acids is 1. The molecule has 0 aliphatic rings. The van der Waals surface area contributed by atoms with E-state index in [-0.39, 0.29) is 16.9 Å². The van der Waals surface area contributed by atoms with E-state index in [0.717, 1.165) is 22.2 Å². The van der Waals surface area contributed by atoms with Crippen LogP contribution in [-0.2, 0) is 6.54 Å². The predicted molar refractivity (Wildman–Crippen MR) is 110 cm³/mol. The number of carboxylic acid groups (broad SMARTS) is 1. The third-order valence-corrected chi connectivity index (χ3v) is 4.96. The standard InChI is InChI=1S/C24H19NO3/c1-2-25-20-15-9-8-14-19(20)21(22(25)16-10-4-3-5-11-16)23(26)17-12-6-7-13-18(17)24(27)28/h3-15H,2H2,1H3,(H,27,28). The SMILES string of the molecule is CCn1c(-c2ccccc2)c(C(=O)c2ccccc2C(=O)O)c2ccccc21. The van der Waals surface area contributed by atoms with Crippen molar-refractivity contribution in [3.8, 4) is 11.3 Å². The highest BCUT2D eigenvalue weighted by Crippen LogP contribution is 2.35. The zero-order valence-corrected chi connectivity index (χ0v) is 15.4. The van der Waals surface area contributed by atoms with E-state index in [1.807, 2.05) is 61.5 Å². The van der Waals surface area contributed by atoms with Crippen LogP contribution in [0.3, 0.4) is 0 Å². The fraction of sp³-hybridized carbons (Fsp3) is 0.0833. The molecule has 0 spiro atoms. The first kappa shape index (κ1) is 17.7. The van der Waals surface area contributed by atoms with Gasteiger partial charge in [-0.3, -0.25) is 4.79 Å². The molecule has 0 fully saturated rings. The molecule has 0 radical (unpaired) electrons. The number of para-hydroxylation sites is 1. The summed E-state index contributed by atoms with van der Waals surface area (Å²) in [5.74, 6) is -1.38. The Morgan fingerprint density at radius 2 is 1.43 bits per heavy atom. The zero-order valence-electron chi connectivity index (χ0n) is 15.4. The summed E-state index contributed by atoms with van der Waals surface area (Å²) in [6.45, 7) is 2.73. The highest BCUT2D eigenvalue weighted by atomic mass is 16.4. The Bertz CT molecular complexity index is 1190. The lowest BCUT2D eigenvalue weighted by Crippen LogP contribution is -2.11. The molecule has 0 amide bonds. The second-order valence-corrected chi connectivity index (χ2v) is 6.53. The molecule has 0 bridgehead atoms. The van der Waals surface area contributed by atoms with E-state index >= 15 is 0 Å². The van der Waals surface area contributed by atoms with Crippen molar-refractivity contribution >= 4 is 22.7 Å². The number of carboxylic acids is 1. The van der Waals surface area contributed by atoms with Crippen LogP contribution in [0.25, 0.3) is 22.2 Å². The Morgan fingerprint density at radius 3 is 2.11 bits per heavy atom. The first-order valence-electron chi connectivity index (χ1n) is 9.17. The molecule has 1 aromatic heterocycles. The van der Waals surface area contributed by atoms with Gasteiger partial charge < -0.3 is 9.67 Å². The first-order valence-corrected chi connectivity index (χ1v) is 9.17. The van der Waals surface area contributed by atoms with Gasteiger partial charge in [0, 0.05) is 23.0 Å². The van der Waals surface area contributed by atoms with Gasteiger partial charge in [-0.2, -0.15) is 0 Å². The maximum atomic E-state index is 13.6. The normalized spacial score (nSPS) is 10.9. The Hall–Kier alpha value is -3.66. The van der Waals surface area contributed by atoms with Crippen LogP contribution in [0.5, 0.6) is 0 Å². The summed E-state index contributed by atoms with van der Waals surface area (Å²) in [6, 6.07) is 23.9. The minimum Gasteiger partial charge on any atom is -0.478 e. The minimum atomic E-state index is -1.11. The van der Waals surface area contributed by atoms with Crippen LogP contribution in [-0.4, -0.2) is 21.4 Å². The maximum Gasteiger partial charge on any atom is 0.336 e. The number of hydrogen-bond donors (Lipinski definition) is 1. The summed E-state index contributed by atoms with van der Waals surface area (Å²) in [5.41, 5.74) is 3.45. The van der Waals surface area contributed by atoms with Crippen LogP contribution < -0.4 is 0 Å². The number of ketones is 1. The molecule has 4 rings (SSSR count). The van der Waals surface area contributed by atoms with Gasteiger partial charge in [0.15, 0.2) is 5.78 Å². The van der Waals surface area contributed by atoms with Crippen LogP contribution in [0.15, 0.2) is 78.9 Å². The highest BCUT2D eigenvalue weighted by Gasteiger charge is 2.26. The molecule has 4 aromatic rings. The largest absolute Gasteiger partial charge is 0.478 e. The molecule has 28 heavy (non-hydrogen) atoms. The second-order valence-electron chi connectivity index (χ2n) is 6.53. The summed E-state index contributed by atoms with van der Waals surface area (Å²) in [4.78, 5) is 25.3. The molecule has 138 valence electrons. The summed E-state index contributed by atoms with van der Waals surface area (Å²) >= 11 is 0. The minimum absolute atomic E-state index is 0.0137. The average Bonchev–Trinajstić information content (AvgIpc) is 3.08. The smallest absolute Gasteiger partial charge is 0.336 e. The van der Waals surface area contributed by atoms with Crippen molar-refractivity contribution in [2.24, 2.45) is 0 Å². The molecule has 0 saturated heterocycles. The van der Waals surface area contributed by atoms with Gasteiger partial charge in [-0.1, -0.05) is 66.7 Å². The van der Waals surface area contributed by atoms with E-state index in [2.05, 4.69) is 4.57 Å². The van der Waals surface area contributed by atoms with E-state index < -0.39 is 5.97 Å². The van der Waals surface area contributed by atoms with Crippen molar-refractivity contribution in [1.29, 1.82) is 0 Å². The molecule has 0 aliphatic heterocycles. The van der Waals surface area contributed by atoms with Crippen LogP contribution in [0.1, 0.15) is 33.2 Å². The number of aromatic nitrogens is 1. The topological polar surface area (TPSA) is 59.3 Å². The van der Waals surface area contributed by atoms with Gasteiger partial charge in [-0.05, 0) is 24.6 Å². The molecule has 0 aliphatic carbocycles. The number of aromatic carboxylic acids is 1. The Kier molecular flexibility index (Phi) is 4.53. The van der Waals surface area contributed by atoms with Crippen molar-refractivity contribution < 1.29 is 14.7 Å². The van der Waals surface area contributed by atoms with E-state index in [1.165, 1.54) is 6.07 Å². The lowest BCUT2D eigenvalue weighted by atomic mass is 9.94. The number of benzene rings is 3. The molecule has 0 saturated carbocycles. The quantitative estimate of drug-likeness (QED) is 0.488. The summed E-state index contributed by atoms with van der Waals surface area (Å²) in [6.07, 6.45) is 0. The number of aryl methyl sites for hydroxylation is 1. The van der Waals surface area contributed by atoms with Crippen molar-refractivity contribution in [1.82, 2.24) is 4.57 Å². The number of rotatable bonds is 5. The van der Waals surface area contributed by atoms with E-state index in [9.17, 15) is 14.7 Å². The third-order valence-electron chi connectivity index (χ3n) is 4.96. The van der Waals surface area contributed by atoms with Gasteiger partial charge in [-0.25, -0.2) is 4.79 Å². The molecule has 1 heterocycles. The lowest BCUT2D eigenvalue weighted by Gasteiger charge is -2.11. The molecule has 1 N–H and O–H groups in total. The van der Waals surface area contributed by atoms with E-state index in [4.69, 9.17) is 0 Å². The van der Waals surface area contributed by atoms with E-state index in [1.54, 1.807) is 18.2 Å². The highest BCUT2D eigenvalue weighted by molar-refractivity contribution is 6.23. The number of carbonyl (C=O) groups is 2. The maximum absolute atomic E-state index is 13.6. The summed E-state index contributed by atoms with van der Waals surface area (Å²) in [7, 11) is 0. The first-order chi connectivity index (χ1) is 13.6. The van der Waals surface area contributed by atoms with Crippen molar-refractivity contribution in [2.75, 3.05) is 0 Å². The number of hydrogen-bond acceptors (Lipinski definition) is 2. The van der Waals surface area contributed by atoms with Crippen molar-refractivity contribution in [3.63, 3.8) is 0 Å². The number of nitrogens with zero attached hydrogens (tertiary/aromatic N) is 1. The molecular weight excluding hydrogens is 350 g/mol. The van der Waals surface area contributed by atoms with Crippen LogP contribution >= 0.6 is 0 Å². The molecule has 0 atom stereocenters. The summed E-state index contributed by atoms with van der Waals surface area (Å²) < 4.78 is 2.11. The van der Waals surface area contributed by atoms with Gasteiger partial charge >= 0.3 is 5.97 Å². The van der Waals surface area contributed by atoms with Crippen molar-refractivity contribution in [2.45, 2.75) is 13.5 Å². The van der Waals surface area contributed by atoms with Gasteiger partial charge in [0.1, 0.15) is 0 Å². The average molecular weight is 369 g/mol. The Morgan fingerprint density at radius 1 is 0.821 bits per heavy atom. The van der Waals surface area contributed by atoms with Gasteiger partial charge in [-0.15, -0.1) is 0 Å². The lowest BCUT2D eigenvalue weighted by molar-refractivity contribution is 0.0693. The zero-order chi connectivity index (χ0) is 19.7. The Labute approximate surface area is 162 Å². The third kappa shape index (κ3) is 2.79. The van der Waals surface area contributed by atoms with Gasteiger partial charge in [0.2, 0.25) is 0 Å². The summed E-state index contributed by atoms with van der Waals surface area (Å²) in [5, 5.41) is 10.4. The van der Waals surface area contributed by atoms with Gasteiger partial charge in [0.05, 0.1) is 16.8 Å². The van der Waals surface area contributed by atoms with Crippen LogP contribution in [0.4, 0.5) is 0 Å². The van der Waals surface area contributed by atoms with Crippen LogP contribution in [0, 0.1) is 0 Å². The molecule has 0 unspecified atom stereocenters. The van der Waals surface area contributed by atoms with E-state index in [0.29, 0.717) is 12.1 Å². The number of fused-ring (bicyclic) bond motifs is 1. The second kappa shape index (κ2) is 7.16.